The molecule has 2 amide bonds. The summed E-state index contributed by atoms with van der Waals surface area (Å²) in [4.78, 5) is 29.0. The van der Waals surface area contributed by atoms with Crippen LogP contribution in [-0.2, 0) is 0 Å². The summed E-state index contributed by atoms with van der Waals surface area (Å²) in [5, 5.41) is 5.64. The third-order valence-electron chi connectivity index (χ3n) is 5.67. The molecule has 0 radical (unpaired) electrons. The number of nitrogens with zero attached hydrogens (tertiary/aromatic N) is 2. The second-order valence-electron chi connectivity index (χ2n) is 8.11. The van der Waals surface area contributed by atoms with Crippen molar-refractivity contribution < 1.29 is 14.0 Å². The van der Waals surface area contributed by atoms with Crippen LogP contribution in [0.2, 0.25) is 0 Å². The predicted molar refractivity (Wildman–Crippen MR) is 136 cm³/mol. The van der Waals surface area contributed by atoms with Crippen LogP contribution in [0.1, 0.15) is 26.3 Å². The van der Waals surface area contributed by atoms with Crippen molar-refractivity contribution in [1.82, 2.24) is 10.2 Å². The second kappa shape index (κ2) is 10.4. The van der Waals surface area contributed by atoms with Crippen LogP contribution in [0.25, 0.3) is 0 Å². The zero-order valence-electron chi connectivity index (χ0n) is 18.8. The lowest BCUT2D eigenvalue weighted by atomic mass is 10.1. The summed E-state index contributed by atoms with van der Waals surface area (Å²) in [6, 6.07) is 20.8. The number of anilines is 2. The minimum Gasteiger partial charge on any atom is -0.368 e. The molecule has 0 saturated carbocycles. The van der Waals surface area contributed by atoms with E-state index in [1.165, 1.54) is 18.2 Å². The lowest BCUT2D eigenvalue weighted by molar-refractivity contribution is 0.0746. The van der Waals surface area contributed by atoms with Crippen molar-refractivity contribution in [3.63, 3.8) is 0 Å². The van der Waals surface area contributed by atoms with Gasteiger partial charge in [-0.15, -0.1) is 0 Å². The molecular weight excluding hydrogens is 451 g/mol. The fourth-order valence-corrected chi connectivity index (χ4v) is 3.98. The Bertz CT molecular complexity index is 1190. The van der Waals surface area contributed by atoms with E-state index in [9.17, 15) is 14.0 Å². The molecule has 0 spiro atoms. The highest BCUT2D eigenvalue weighted by Gasteiger charge is 2.22. The lowest BCUT2D eigenvalue weighted by Crippen LogP contribution is -2.48. The zero-order valence-corrected chi connectivity index (χ0v) is 19.6. The number of piperazine rings is 1. The Morgan fingerprint density at radius 1 is 0.882 bits per heavy atom. The average Bonchev–Trinajstić information content (AvgIpc) is 2.84. The van der Waals surface area contributed by atoms with Crippen molar-refractivity contribution in [3.05, 3.63) is 95.3 Å². The van der Waals surface area contributed by atoms with Crippen LogP contribution < -0.4 is 15.5 Å². The van der Waals surface area contributed by atoms with E-state index in [0.717, 1.165) is 41.7 Å². The third kappa shape index (κ3) is 5.77. The van der Waals surface area contributed by atoms with Crippen LogP contribution in [-0.4, -0.2) is 48.0 Å². The second-order valence-corrected chi connectivity index (χ2v) is 8.52. The first-order valence-corrected chi connectivity index (χ1v) is 11.4. The lowest BCUT2D eigenvalue weighted by Gasteiger charge is -2.36. The normalized spacial score (nSPS) is 13.4. The molecule has 1 aliphatic heterocycles. The maximum Gasteiger partial charge on any atom is 0.257 e. The first kappa shape index (κ1) is 23.4. The van der Waals surface area contributed by atoms with Gasteiger partial charge in [-0.2, -0.15) is 0 Å². The number of thiocarbonyl (C=S) groups is 1. The van der Waals surface area contributed by atoms with Gasteiger partial charge in [0.15, 0.2) is 5.11 Å². The van der Waals surface area contributed by atoms with Gasteiger partial charge in [0.2, 0.25) is 0 Å². The van der Waals surface area contributed by atoms with Crippen molar-refractivity contribution >= 4 is 40.5 Å². The molecule has 34 heavy (non-hydrogen) atoms. The van der Waals surface area contributed by atoms with E-state index in [1.807, 2.05) is 60.4 Å². The molecule has 3 aromatic carbocycles. The smallest absolute Gasteiger partial charge is 0.257 e. The molecule has 1 fully saturated rings. The number of carbonyl (C=O) groups excluding carboxylic acids is 2. The topological polar surface area (TPSA) is 64.7 Å². The molecule has 0 unspecified atom stereocenters. The summed E-state index contributed by atoms with van der Waals surface area (Å²) in [6.45, 7) is 4.80. The Balaban J connectivity index is 1.28. The van der Waals surface area contributed by atoms with Crippen molar-refractivity contribution in [2.24, 2.45) is 0 Å². The molecule has 2 N–H and O–H groups in total. The summed E-state index contributed by atoms with van der Waals surface area (Å²) in [6.07, 6.45) is 0. The first-order chi connectivity index (χ1) is 16.4. The third-order valence-corrected chi connectivity index (χ3v) is 5.87. The molecule has 8 heteroatoms. The molecule has 1 saturated heterocycles. The van der Waals surface area contributed by atoms with E-state index >= 15 is 0 Å². The van der Waals surface area contributed by atoms with E-state index in [2.05, 4.69) is 15.5 Å². The molecule has 0 aromatic heterocycles. The van der Waals surface area contributed by atoms with Gasteiger partial charge in [-0.3, -0.25) is 14.9 Å². The zero-order chi connectivity index (χ0) is 24.1. The Morgan fingerprint density at radius 3 is 2.21 bits per heavy atom. The van der Waals surface area contributed by atoms with Gasteiger partial charge >= 0.3 is 0 Å². The molecule has 1 heterocycles. The SMILES string of the molecule is Cc1ccc(C(=O)N2CCN(c3ccc(NC(=S)NC(=O)c4cccc(F)c4)cc3)CC2)cc1. The number of rotatable bonds is 4. The van der Waals surface area contributed by atoms with E-state index in [1.54, 1.807) is 0 Å². The number of benzene rings is 3. The Labute approximate surface area is 203 Å². The van der Waals surface area contributed by atoms with E-state index in [-0.39, 0.29) is 16.6 Å². The van der Waals surface area contributed by atoms with Crippen molar-refractivity contribution in [3.8, 4) is 0 Å². The Morgan fingerprint density at radius 2 is 1.56 bits per heavy atom. The van der Waals surface area contributed by atoms with Gasteiger partial charge in [0.1, 0.15) is 5.82 Å². The van der Waals surface area contributed by atoms with Crippen LogP contribution in [0.5, 0.6) is 0 Å². The van der Waals surface area contributed by atoms with Crippen LogP contribution in [0, 0.1) is 12.7 Å². The highest BCUT2D eigenvalue weighted by atomic mass is 32.1. The molecule has 1 aliphatic rings. The number of aryl methyl sites for hydroxylation is 1. The molecule has 3 aromatic rings. The van der Waals surface area contributed by atoms with Gasteiger partial charge in [-0.25, -0.2) is 4.39 Å². The maximum absolute atomic E-state index is 13.3. The highest BCUT2D eigenvalue weighted by Crippen LogP contribution is 2.20. The predicted octanol–water partition coefficient (Wildman–Crippen LogP) is 4.22. The van der Waals surface area contributed by atoms with Gasteiger partial charge in [-0.1, -0.05) is 23.8 Å². The van der Waals surface area contributed by atoms with Gasteiger partial charge in [0.05, 0.1) is 0 Å². The van der Waals surface area contributed by atoms with Crippen molar-refractivity contribution in [1.29, 1.82) is 0 Å². The monoisotopic (exact) mass is 476 g/mol. The number of amides is 2. The summed E-state index contributed by atoms with van der Waals surface area (Å²) in [7, 11) is 0. The fraction of sp³-hybridized carbons (Fsp3) is 0.192. The molecule has 0 aliphatic carbocycles. The van der Waals surface area contributed by atoms with Crippen LogP contribution in [0.4, 0.5) is 15.8 Å². The first-order valence-electron chi connectivity index (χ1n) is 11.0. The Hall–Kier alpha value is -3.78. The minimum absolute atomic E-state index is 0.0630. The van der Waals surface area contributed by atoms with Gasteiger partial charge in [0, 0.05) is 48.7 Å². The standard InChI is InChI=1S/C26H25FN4O2S/c1-18-5-7-19(8-6-18)25(33)31-15-13-30(14-16-31)23-11-9-22(10-12-23)28-26(34)29-24(32)20-3-2-4-21(27)17-20/h2-12,17H,13-16H2,1H3,(H2,28,29,32,34). The van der Waals surface area contributed by atoms with Crippen LogP contribution in [0.3, 0.4) is 0 Å². The van der Waals surface area contributed by atoms with E-state index in [0.29, 0.717) is 13.1 Å². The quantitative estimate of drug-likeness (QED) is 0.552. The van der Waals surface area contributed by atoms with Crippen molar-refractivity contribution in [2.75, 3.05) is 36.4 Å². The fourth-order valence-electron chi connectivity index (χ4n) is 3.77. The largest absolute Gasteiger partial charge is 0.368 e. The highest BCUT2D eigenvalue weighted by molar-refractivity contribution is 7.80. The van der Waals surface area contributed by atoms with E-state index < -0.39 is 11.7 Å². The molecule has 0 bridgehead atoms. The van der Waals surface area contributed by atoms with Crippen molar-refractivity contribution in [2.45, 2.75) is 6.92 Å². The summed E-state index contributed by atoms with van der Waals surface area (Å²) < 4.78 is 13.3. The molecule has 6 nitrogen and oxygen atoms in total. The number of halogens is 1. The van der Waals surface area contributed by atoms with Gasteiger partial charge < -0.3 is 15.1 Å². The summed E-state index contributed by atoms with van der Waals surface area (Å²) in [5.74, 6) is -0.901. The molecule has 0 atom stereocenters. The van der Waals surface area contributed by atoms with Crippen LogP contribution in [0.15, 0.2) is 72.8 Å². The number of hydrogen-bond donors (Lipinski definition) is 2. The minimum atomic E-state index is -0.484. The number of nitrogens with one attached hydrogen (secondary N) is 2. The van der Waals surface area contributed by atoms with Gasteiger partial charge in [-0.05, 0) is 73.7 Å². The maximum atomic E-state index is 13.3. The average molecular weight is 477 g/mol. The molecule has 174 valence electrons. The molecule has 4 rings (SSSR count). The molecular formula is C26H25FN4O2S. The number of hydrogen-bond acceptors (Lipinski definition) is 4. The van der Waals surface area contributed by atoms with E-state index in [4.69, 9.17) is 12.2 Å². The summed E-state index contributed by atoms with van der Waals surface area (Å²) >= 11 is 5.20. The summed E-state index contributed by atoms with van der Waals surface area (Å²) in [5.41, 5.74) is 3.81. The van der Waals surface area contributed by atoms with Crippen LogP contribution >= 0.6 is 12.2 Å². The number of carbonyl (C=O) groups is 2. The Kier molecular flexibility index (Phi) is 7.18. The van der Waals surface area contributed by atoms with Gasteiger partial charge in [0.25, 0.3) is 11.8 Å².